The van der Waals surface area contributed by atoms with Crippen molar-refractivity contribution in [3.8, 4) is 5.75 Å². The van der Waals surface area contributed by atoms with Gasteiger partial charge >= 0.3 is 0 Å². The highest BCUT2D eigenvalue weighted by Gasteiger charge is 2.45. The molecule has 0 unspecified atom stereocenters. The molecule has 1 heterocycles. The van der Waals surface area contributed by atoms with Gasteiger partial charge in [0.25, 0.3) is 0 Å². The minimum absolute atomic E-state index is 0.0138. The lowest BCUT2D eigenvalue weighted by Crippen LogP contribution is -2.49. The molecule has 0 radical (unpaired) electrons. The highest BCUT2D eigenvalue weighted by Crippen LogP contribution is 2.45. The Morgan fingerprint density at radius 3 is 2.85 bits per heavy atom. The molecular formula is C22H33NO3. The smallest absolute Gasteiger partial charge is 0.222 e. The van der Waals surface area contributed by atoms with Crippen LogP contribution in [0.5, 0.6) is 5.75 Å². The molecule has 1 aliphatic carbocycles. The van der Waals surface area contributed by atoms with E-state index in [0.29, 0.717) is 13.0 Å². The topological polar surface area (TPSA) is 49.8 Å². The Hall–Kier alpha value is -1.55. The summed E-state index contributed by atoms with van der Waals surface area (Å²) in [5, 5.41) is 10.4. The summed E-state index contributed by atoms with van der Waals surface area (Å²) in [6.07, 6.45) is 7.34. The monoisotopic (exact) mass is 359 g/mol. The van der Waals surface area contributed by atoms with Crippen LogP contribution in [0, 0.1) is 12.3 Å². The normalized spacial score (nSPS) is 25.7. The lowest BCUT2D eigenvalue weighted by atomic mass is 9.76. The van der Waals surface area contributed by atoms with Crippen LogP contribution in [-0.4, -0.2) is 41.7 Å². The zero-order valence-electron chi connectivity index (χ0n) is 16.3. The van der Waals surface area contributed by atoms with Crippen LogP contribution >= 0.6 is 0 Å². The van der Waals surface area contributed by atoms with E-state index in [1.807, 2.05) is 17.9 Å². The minimum Gasteiger partial charge on any atom is -0.494 e. The molecule has 1 amide bonds. The molecule has 0 aromatic heterocycles. The van der Waals surface area contributed by atoms with Crippen molar-refractivity contribution < 1.29 is 14.6 Å². The first-order valence-electron chi connectivity index (χ1n) is 10.2. The third-order valence-corrected chi connectivity index (χ3v) is 6.22. The maximum Gasteiger partial charge on any atom is 0.222 e. The van der Waals surface area contributed by atoms with E-state index >= 15 is 0 Å². The number of carbonyl (C=O) groups excluding carboxylic acids is 1. The Bertz CT molecular complexity index is 630. The van der Waals surface area contributed by atoms with Gasteiger partial charge in [0.15, 0.2) is 0 Å². The predicted molar refractivity (Wildman–Crippen MR) is 103 cm³/mol. The number of amides is 1. The minimum atomic E-state index is -0.218. The van der Waals surface area contributed by atoms with E-state index in [2.05, 4.69) is 19.1 Å². The van der Waals surface area contributed by atoms with E-state index in [1.165, 1.54) is 5.56 Å². The third-order valence-electron chi connectivity index (χ3n) is 6.22. The number of piperidine rings is 1. The number of rotatable bonds is 6. The van der Waals surface area contributed by atoms with E-state index in [0.717, 1.165) is 69.3 Å². The van der Waals surface area contributed by atoms with Crippen molar-refractivity contribution in [3.05, 3.63) is 29.3 Å². The van der Waals surface area contributed by atoms with Gasteiger partial charge < -0.3 is 14.7 Å². The third kappa shape index (κ3) is 4.22. The molecule has 4 nitrogen and oxygen atoms in total. The van der Waals surface area contributed by atoms with Gasteiger partial charge in [-0.1, -0.05) is 18.6 Å². The van der Waals surface area contributed by atoms with Gasteiger partial charge in [0.05, 0.1) is 12.7 Å². The fraction of sp³-hybridized carbons (Fsp3) is 0.682. The molecule has 1 aromatic carbocycles. The van der Waals surface area contributed by atoms with Crippen molar-refractivity contribution in [1.82, 2.24) is 4.90 Å². The molecule has 2 fully saturated rings. The number of hydrogen-bond acceptors (Lipinski definition) is 3. The van der Waals surface area contributed by atoms with Crippen molar-refractivity contribution in [2.75, 3.05) is 19.7 Å². The molecule has 2 atom stereocenters. The summed E-state index contributed by atoms with van der Waals surface area (Å²) in [6.45, 7) is 6.36. The zero-order chi connectivity index (χ0) is 18.6. The van der Waals surface area contributed by atoms with Crippen LogP contribution in [0.25, 0.3) is 0 Å². The summed E-state index contributed by atoms with van der Waals surface area (Å²) >= 11 is 0. The van der Waals surface area contributed by atoms with Crippen LogP contribution in [0.4, 0.5) is 0 Å². The van der Waals surface area contributed by atoms with Crippen LogP contribution in [0.15, 0.2) is 18.2 Å². The average molecular weight is 360 g/mol. The summed E-state index contributed by atoms with van der Waals surface area (Å²) in [7, 11) is 0. The maximum absolute atomic E-state index is 12.7. The van der Waals surface area contributed by atoms with Gasteiger partial charge in [-0.05, 0) is 69.6 Å². The fourth-order valence-corrected chi connectivity index (χ4v) is 4.76. The van der Waals surface area contributed by atoms with E-state index in [9.17, 15) is 9.90 Å². The first-order chi connectivity index (χ1) is 12.5. The number of aliphatic hydroxyl groups is 1. The van der Waals surface area contributed by atoms with Gasteiger partial charge in [0.2, 0.25) is 5.91 Å². The van der Waals surface area contributed by atoms with Crippen molar-refractivity contribution in [2.24, 2.45) is 5.41 Å². The van der Waals surface area contributed by atoms with E-state index in [-0.39, 0.29) is 17.4 Å². The van der Waals surface area contributed by atoms with Gasteiger partial charge in [-0.2, -0.15) is 0 Å². The standard InChI is InChI=1S/C22H33NO3/c1-3-26-19-11-10-18(15-17(19)2)7-4-9-21(25)23-14-6-13-22(16-23)12-5-8-20(22)24/h10-11,15,20,24H,3-9,12-14,16H2,1-2H3/t20-,22-/m1/s1. The molecule has 26 heavy (non-hydrogen) atoms. The summed E-state index contributed by atoms with van der Waals surface area (Å²) < 4.78 is 5.59. The second-order valence-electron chi connectivity index (χ2n) is 8.08. The number of carbonyl (C=O) groups is 1. The molecule has 2 aliphatic rings. The van der Waals surface area contributed by atoms with Crippen molar-refractivity contribution in [1.29, 1.82) is 0 Å². The predicted octanol–water partition coefficient (Wildman–Crippen LogP) is 3.87. The Kier molecular flexibility index (Phi) is 6.23. The summed E-state index contributed by atoms with van der Waals surface area (Å²) in [5.41, 5.74) is 2.41. The molecule has 4 heteroatoms. The molecule has 1 N–H and O–H groups in total. The Labute approximate surface area is 157 Å². The van der Waals surface area contributed by atoms with Gasteiger partial charge in [-0.3, -0.25) is 4.79 Å². The number of hydrogen-bond donors (Lipinski definition) is 1. The summed E-state index contributed by atoms with van der Waals surface area (Å²) in [6, 6.07) is 6.30. The van der Waals surface area contributed by atoms with E-state index in [1.54, 1.807) is 0 Å². The zero-order valence-corrected chi connectivity index (χ0v) is 16.3. The van der Waals surface area contributed by atoms with Gasteiger partial charge in [-0.25, -0.2) is 0 Å². The SMILES string of the molecule is CCOc1ccc(CCCC(=O)N2CCC[C@]3(CCC[C@H]3O)C2)cc1C. The number of benzene rings is 1. The largest absolute Gasteiger partial charge is 0.494 e. The molecule has 1 saturated heterocycles. The van der Waals surface area contributed by atoms with Gasteiger partial charge in [0.1, 0.15) is 5.75 Å². The van der Waals surface area contributed by atoms with Crippen LogP contribution < -0.4 is 4.74 Å². The summed E-state index contributed by atoms with van der Waals surface area (Å²) in [5.74, 6) is 1.20. The average Bonchev–Trinajstić information content (AvgIpc) is 2.97. The van der Waals surface area contributed by atoms with Gasteiger partial charge in [-0.15, -0.1) is 0 Å². The lowest BCUT2D eigenvalue weighted by molar-refractivity contribution is -0.136. The number of aliphatic hydroxyl groups excluding tert-OH is 1. The Morgan fingerprint density at radius 1 is 1.35 bits per heavy atom. The van der Waals surface area contributed by atoms with Crippen LogP contribution in [0.1, 0.15) is 63.0 Å². The Balaban J connectivity index is 1.49. The maximum atomic E-state index is 12.7. The molecule has 1 aliphatic heterocycles. The molecular weight excluding hydrogens is 326 g/mol. The van der Waals surface area contributed by atoms with E-state index in [4.69, 9.17) is 4.74 Å². The number of likely N-dealkylation sites (tertiary alicyclic amines) is 1. The quantitative estimate of drug-likeness (QED) is 0.839. The van der Waals surface area contributed by atoms with Crippen molar-refractivity contribution in [2.45, 2.75) is 71.3 Å². The molecule has 1 saturated carbocycles. The van der Waals surface area contributed by atoms with Crippen LogP contribution in [-0.2, 0) is 11.2 Å². The fourth-order valence-electron chi connectivity index (χ4n) is 4.76. The van der Waals surface area contributed by atoms with Crippen molar-refractivity contribution in [3.63, 3.8) is 0 Å². The van der Waals surface area contributed by atoms with Gasteiger partial charge in [0, 0.05) is 24.9 Å². The second kappa shape index (κ2) is 8.43. The number of nitrogens with zero attached hydrogens (tertiary/aromatic N) is 1. The summed E-state index contributed by atoms with van der Waals surface area (Å²) in [4.78, 5) is 14.7. The number of aryl methyl sites for hydroxylation is 2. The van der Waals surface area contributed by atoms with Crippen LogP contribution in [0.3, 0.4) is 0 Å². The van der Waals surface area contributed by atoms with Crippen LogP contribution in [0.2, 0.25) is 0 Å². The molecule has 144 valence electrons. The first-order valence-corrected chi connectivity index (χ1v) is 10.2. The Morgan fingerprint density at radius 2 is 2.15 bits per heavy atom. The number of ether oxygens (including phenoxy) is 1. The molecule has 1 spiro atoms. The van der Waals surface area contributed by atoms with Crippen molar-refractivity contribution >= 4 is 5.91 Å². The molecule has 3 rings (SSSR count). The van der Waals surface area contributed by atoms with E-state index < -0.39 is 0 Å². The second-order valence-corrected chi connectivity index (χ2v) is 8.08. The first kappa shape index (κ1) is 19.2. The highest BCUT2D eigenvalue weighted by atomic mass is 16.5. The molecule has 0 bridgehead atoms. The highest BCUT2D eigenvalue weighted by molar-refractivity contribution is 5.76. The lowest BCUT2D eigenvalue weighted by Gasteiger charge is -2.42. The molecule has 1 aromatic rings.